The van der Waals surface area contributed by atoms with Gasteiger partial charge < -0.3 is 14.6 Å². The highest BCUT2D eigenvalue weighted by atomic mass is 19.1. The fourth-order valence-corrected chi connectivity index (χ4v) is 3.10. The highest BCUT2D eigenvalue weighted by Gasteiger charge is 2.28. The maximum Gasteiger partial charge on any atom is 0.284 e. The van der Waals surface area contributed by atoms with Crippen molar-refractivity contribution in [3.63, 3.8) is 0 Å². The molecular weight excluding hydrogens is 351 g/mol. The first-order chi connectivity index (χ1) is 13.1. The van der Waals surface area contributed by atoms with Gasteiger partial charge in [-0.2, -0.15) is 0 Å². The monoisotopic (exact) mass is 370 g/mol. The smallest absolute Gasteiger partial charge is 0.284 e. The maximum atomic E-state index is 13.8. The number of rotatable bonds is 5. The Kier molecular flexibility index (Phi) is 4.44. The van der Waals surface area contributed by atoms with Gasteiger partial charge in [0.15, 0.2) is 0 Å². The number of imidazole rings is 1. The number of nitrogens with zero attached hydrogens (tertiary/aromatic N) is 5. The van der Waals surface area contributed by atoms with Crippen molar-refractivity contribution < 1.29 is 13.6 Å². The molecule has 3 heterocycles. The Morgan fingerprint density at radius 3 is 3.00 bits per heavy atom. The van der Waals surface area contributed by atoms with Gasteiger partial charge in [-0.05, 0) is 31.2 Å². The molecule has 0 spiro atoms. The third-order valence-corrected chi connectivity index (χ3v) is 4.37. The zero-order valence-electron chi connectivity index (χ0n) is 15.1. The molecule has 0 bridgehead atoms. The molecule has 1 aromatic carbocycles. The molecule has 1 amide bonds. The Balaban J connectivity index is 1.78. The Morgan fingerprint density at radius 2 is 2.19 bits per heavy atom. The van der Waals surface area contributed by atoms with Gasteiger partial charge in [0.05, 0.1) is 36.2 Å². The molecule has 0 aliphatic carbocycles. The molecule has 0 saturated carbocycles. The van der Waals surface area contributed by atoms with Gasteiger partial charge in [-0.1, -0.05) is 6.92 Å². The molecule has 1 aliphatic rings. The van der Waals surface area contributed by atoms with Crippen LogP contribution in [0.3, 0.4) is 0 Å². The predicted octanol–water partition coefficient (Wildman–Crippen LogP) is 2.15. The van der Waals surface area contributed by atoms with E-state index in [1.54, 1.807) is 23.9 Å². The molecule has 2 aromatic heterocycles. The molecule has 0 saturated heterocycles. The van der Waals surface area contributed by atoms with Crippen molar-refractivity contribution in [1.29, 1.82) is 0 Å². The van der Waals surface area contributed by atoms with E-state index in [1.165, 1.54) is 17.0 Å². The first kappa shape index (κ1) is 17.3. The lowest BCUT2D eigenvalue weighted by Gasteiger charge is -2.13. The molecule has 0 radical (unpaired) electrons. The molecule has 4 rings (SSSR count). The van der Waals surface area contributed by atoms with Crippen LogP contribution < -0.4 is 5.32 Å². The molecule has 1 aliphatic heterocycles. The normalized spacial score (nSPS) is 13.4. The standard InChI is InChI=1S/C18H19FN6O2/c1-3-6-20-9-15-22-23-17(27-15)16-21-8-12-10-24(2)18(26)13-7-11(19)4-5-14(13)25(12)16/h4-5,7-8,20H,3,6,9-10H2,1-2H3. The van der Waals surface area contributed by atoms with Gasteiger partial charge in [0.25, 0.3) is 11.8 Å². The van der Waals surface area contributed by atoms with Gasteiger partial charge in [0, 0.05) is 7.05 Å². The number of nitrogens with one attached hydrogen (secondary N) is 1. The zero-order chi connectivity index (χ0) is 19.0. The SMILES string of the molecule is CCCNCc1nnc(-c2ncc3n2-c2ccc(F)cc2C(=O)N(C)C3)o1. The quantitative estimate of drug-likeness (QED) is 0.692. The highest BCUT2D eigenvalue weighted by Crippen LogP contribution is 2.30. The molecule has 9 heteroatoms. The minimum atomic E-state index is -0.470. The molecule has 1 N–H and O–H groups in total. The summed E-state index contributed by atoms with van der Waals surface area (Å²) in [5, 5.41) is 11.3. The van der Waals surface area contributed by atoms with Gasteiger partial charge in [-0.25, -0.2) is 9.37 Å². The van der Waals surface area contributed by atoms with E-state index in [0.717, 1.165) is 18.7 Å². The molecule has 0 fully saturated rings. The molecule has 8 nitrogen and oxygen atoms in total. The number of amides is 1. The van der Waals surface area contributed by atoms with Crippen LogP contribution in [-0.4, -0.2) is 44.1 Å². The summed E-state index contributed by atoms with van der Waals surface area (Å²) in [6, 6.07) is 4.12. The lowest BCUT2D eigenvalue weighted by molar-refractivity contribution is 0.0787. The predicted molar refractivity (Wildman–Crippen MR) is 94.6 cm³/mol. The Bertz CT molecular complexity index is 996. The second-order valence-corrected chi connectivity index (χ2v) is 6.41. The zero-order valence-corrected chi connectivity index (χ0v) is 15.1. The van der Waals surface area contributed by atoms with Crippen LogP contribution in [0, 0.1) is 5.82 Å². The van der Waals surface area contributed by atoms with Crippen LogP contribution in [0.4, 0.5) is 4.39 Å². The highest BCUT2D eigenvalue weighted by molar-refractivity contribution is 5.98. The van der Waals surface area contributed by atoms with Crippen LogP contribution in [0.2, 0.25) is 0 Å². The average Bonchev–Trinajstić information content (AvgIpc) is 3.26. The van der Waals surface area contributed by atoms with Crippen LogP contribution >= 0.6 is 0 Å². The van der Waals surface area contributed by atoms with Crippen molar-refractivity contribution in [2.24, 2.45) is 0 Å². The van der Waals surface area contributed by atoms with E-state index in [0.29, 0.717) is 30.5 Å². The summed E-state index contributed by atoms with van der Waals surface area (Å²) in [7, 11) is 1.67. The molecule has 140 valence electrons. The Hall–Kier alpha value is -3.07. The fraction of sp³-hybridized carbons (Fsp3) is 0.333. The van der Waals surface area contributed by atoms with Crippen LogP contribution in [0.5, 0.6) is 0 Å². The van der Waals surface area contributed by atoms with Crippen LogP contribution in [0.25, 0.3) is 17.4 Å². The summed E-state index contributed by atoms with van der Waals surface area (Å²) >= 11 is 0. The first-order valence-electron chi connectivity index (χ1n) is 8.74. The van der Waals surface area contributed by atoms with Crippen LogP contribution in [-0.2, 0) is 13.1 Å². The van der Waals surface area contributed by atoms with Crippen molar-refractivity contribution in [2.75, 3.05) is 13.6 Å². The first-order valence-corrected chi connectivity index (χ1v) is 8.74. The van der Waals surface area contributed by atoms with E-state index in [4.69, 9.17) is 4.42 Å². The van der Waals surface area contributed by atoms with Gasteiger partial charge in [0.1, 0.15) is 5.82 Å². The van der Waals surface area contributed by atoms with Crippen molar-refractivity contribution in [3.8, 4) is 17.4 Å². The van der Waals surface area contributed by atoms with Crippen molar-refractivity contribution in [1.82, 2.24) is 30.0 Å². The van der Waals surface area contributed by atoms with Crippen LogP contribution in [0.15, 0.2) is 28.8 Å². The summed E-state index contributed by atoms with van der Waals surface area (Å²) in [5.74, 6) is 0.408. The van der Waals surface area contributed by atoms with Crippen molar-refractivity contribution in [2.45, 2.75) is 26.4 Å². The second-order valence-electron chi connectivity index (χ2n) is 6.41. The molecule has 0 unspecified atom stereocenters. The van der Waals surface area contributed by atoms with Crippen molar-refractivity contribution in [3.05, 3.63) is 47.4 Å². The number of hydrogen-bond donors (Lipinski definition) is 1. The molecular formula is C18H19FN6O2. The number of benzene rings is 1. The number of halogens is 1. The second kappa shape index (κ2) is 6.92. The lowest BCUT2D eigenvalue weighted by Crippen LogP contribution is -2.24. The van der Waals surface area contributed by atoms with E-state index >= 15 is 0 Å². The average molecular weight is 370 g/mol. The van der Waals surface area contributed by atoms with E-state index in [-0.39, 0.29) is 17.4 Å². The number of fused-ring (bicyclic) bond motifs is 3. The lowest BCUT2D eigenvalue weighted by atomic mass is 10.1. The molecule has 3 aromatic rings. The summed E-state index contributed by atoms with van der Waals surface area (Å²) in [4.78, 5) is 18.6. The summed E-state index contributed by atoms with van der Waals surface area (Å²) in [6.45, 7) is 3.73. The van der Waals surface area contributed by atoms with Crippen LogP contribution in [0.1, 0.15) is 35.3 Å². The number of hydrogen-bond acceptors (Lipinski definition) is 6. The van der Waals surface area contributed by atoms with Crippen molar-refractivity contribution >= 4 is 5.91 Å². The number of aromatic nitrogens is 4. The van der Waals surface area contributed by atoms with Gasteiger partial charge in [-0.15, -0.1) is 10.2 Å². The van der Waals surface area contributed by atoms with Gasteiger partial charge >= 0.3 is 0 Å². The largest absolute Gasteiger partial charge is 0.417 e. The summed E-state index contributed by atoms with van der Waals surface area (Å²) in [6.07, 6.45) is 2.67. The minimum Gasteiger partial charge on any atom is -0.417 e. The number of carbonyl (C=O) groups excluding carboxylic acids is 1. The minimum absolute atomic E-state index is 0.252. The van der Waals surface area contributed by atoms with E-state index in [1.807, 2.05) is 0 Å². The summed E-state index contributed by atoms with van der Waals surface area (Å²) < 4.78 is 21.3. The van der Waals surface area contributed by atoms with E-state index in [9.17, 15) is 9.18 Å². The Morgan fingerprint density at radius 1 is 1.33 bits per heavy atom. The summed E-state index contributed by atoms with van der Waals surface area (Å²) in [5.41, 5.74) is 1.58. The third-order valence-electron chi connectivity index (χ3n) is 4.37. The molecule has 0 atom stereocenters. The van der Waals surface area contributed by atoms with Gasteiger partial charge in [0.2, 0.25) is 11.7 Å². The topological polar surface area (TPSA) is 89.1 Å². The third kappa shape index (κ3) is 3.10. The van der Waals surface area contributed by atoms with E-state index in [2.05, 4.69) is 27.4 Å². The van der Waals surface area contributed by atoms with E-state index < -0.39 is 5.82 Å². The molecule has 27 heavy (non-hydrogen) atoms. The maximum absolute atomic E-state index is 13.8. The van der Waals surface area contributed by atoms with Gasteiger partial charge in [-0.3, -0.25) is 9.36 Å². The Labute approximate surface area is 155 Å². The number of carbonyl (C=O) groups is 1. The fourth-order valence-electron chi connectivity index (χ4n) is 3.10.